The van der Waals surface area contributed by atoms with Crippen LogP contribution in [0.4, 0.5) is 10.1 Å². The molecule has 1 N–H and O–H groups in total. The van der Waals surface area contributed by atoms with Gasteiger partial charge in [0.25, 0.3) is 0 Å². The Labute approximate surface area is 116 Å². The van der Waals surface area contributed by atoms with Crippen LogP contribution in [0.15, 0.2) is 12.1 Å². The first-order chi connectivity index (χ1) is 9.61. The van der Waals surface area contributed by atoms with E-state index in [1.54, 1.807) is 0 Å². The first kappa shape index (κ1) is 14.5. The highest BCUT2D eigenvalue weighted by Gasteiger charge is 2.22. The lowest BCUT2D eigenvalue weighted by atomic mass is 10.0. The number of rotatable bonds is 5. The third-order valence-corrected chi connectivity index (χ3v) is 3.30. The fraction of sp³-hybridized carbons (Fsp3) is 0.538. The molecule has 110 valence electrons. The molecule has 0 aromatic heterocycles. The van der Waals surface area contributed by atoms with Gasteiger partial charge in [-0.25, -0.2) is 4.39 Å². The van der Waals surface area contributed by atoms with E-state index < -0.39 is 10.7 Å². The van der Waals surface area contributed by atoms with Crippen molar-refractivity contribution in [3.63, 3.8) is 0 Å². The fourth-order valence-electron chi connectivity index (χ4n) is 2.21. The van der Waals surface area contributed by atoms with Gasteiger partial charge in [0.15, 0.2) is 11.6 Å². The second-order valence-electron chi connectivity index (χ2n) is 4.73. The summed E-state index contributed by atoms with van der Waals surface area (Å²) in [6.07, 6.45) is 2.07. The Bertz CT molecular complexity index is 490. The quantitative estimate of drug-likeness (QED) is 0.662. The second kappa shape index (κ2) is 6.51. The summed E-state index contributed by atoms with van der Waals surface area (Å²) in [4.78, 5) is 10.3. The summed E-state index contributed by atoms with van der Waals surface area (Å²) >= 11 is 0. The number of nitrogens with one attached hydrogen (secondary N) is 1. The summed E-state index contributed by atoms with van der Waals surface area (Å²) < 4.78 is 23.8. The summed E-state index contributed by atoms with van der Waals surface area (Å²) in [6, 6.07) is 2.05. The van der Waals surface area contributed by atoms with Crippen molar-refractivity contribution in [1.29, 1.82) is 0 Å². The first-order valence-corrected chi connectivity index (χ1v) is 6.47. The fourth-order valence-corrected chi connectivity index (χ4v) is 2.21. The lowest BCUT2D eigenvalue weighted by Gasteiger charge is -2.22. The van der Waals surface area contributed by atoms with Crippen molar-refractivity contribution >= 4 is 5.69 Å². The van der Waals surface area contributed by atoms with E-state index in [2.05, 4.69) is 5.32 Å². The van der Waals surface area contributed by atoms with Crippen molar-refractivity contribution in [1.82, 2.24) is 5.32 Å². The molecular weight excluding hydrogens is 267 g/mol. The van der Waals surface area contributed by atoms with E-state index in [-0.39, 0.29) is 17.2 Å². The molecule has 0 aliphatic carbocycles. The number of hydrogen-bond donors (Lipinski definition) is 1. The molecule has 1 saturated heterocycles. The highest BCUT2D eigenvalue weighted by molar-refractivity contribution is 5.51. The van der Waals surface area contributed by atoms with Crippen molar-refractivity contribution in [2.75, 3.05) is 26.8 Å². The minimum absolute atomic E-state index is 0.0406. The molecule has 1 aromatic rings. The number of methoxy groups -OCH3 is 1. The van der Waals surface area contributed by atoms with Gasteiger partial charge in [-0.1, -0.05) is 0 Å². The maximum atomic E-state index is 13.5. The van der Waals surface area contributed by atoms with Gasteiger partial charge in [0, 0.05) is 18.5 Å². The molecule has 1 aliphatic heterocycles. The van der Waals surface area contributed by atoms with Crippen LogP contribution in [0.2, 0.25) is 0 Å². The van der Waals surface area contributed by atoms with E-state index >= 15 is 0 Å². The van der Waals surface area contributed by atoms with Gasteiger partial charge in [0.2, 0.25) is 5.75 Å². The van der Waals surface area contributed by atoms with Gasteiger partial charge < -0.3 is 14.8 Å². The van der Waals surface area contributed by atoms with Gasteiger partial charge in [-0.15, -0.1) is 0 Å². The summed E-state index contributed by atoms with van der Waals surface area (Å²) in [5.74, 6) is -0.489. The van der Waals surface area contributed by atoms with Crippen molar-refractivity contribution in [2.24, 2.45) is 5.92 Å². The Kier molecular flexibility index (Phi) is 4.73. The third kappa shape index (κ3) is 3.36. The molecule has 0 saturated carbocycles. The maximum absolute atomic E-state index is 13.5. The van der Waals surface area contributed by atoms with Crippen LogP contribution in [-0.4, -0.2) is 31.7 Å². The maximum Gasteiger partial charge on any atom is 0.314 e. The predicted octanol–water partition coefficient (Wildman–Crippen LogP) is 2.12. The van der Waals surface area contributed by atoms with Gasteiger partial charge in [0.1, 0.15) is 0 Å². The normalized spacial score (nSPS) is 18.6. The molecule has 2 rings (SSSR count). The van der Waals surface area contributed by atoms with Gasteiger partial charge >= 0.3 is 5.69 Å². The zero-order chi connectivity index (χ0) is 14.5. The van der Waals surface area contributed by atoms with Crippen LogP contribution in [0.25, 0.3) is 0 Å². The van der Waals surface area contributed by atoms with Crippen LogP contribution in [0.1, 0.15) is 12.8 Å². The molecule has 0 radical (unpaired) electrons. The molecule has 1 heterocycles. The van der Waals surface area contributed by atoms with E-state index in [4.69, 9.17) is 9.47 Å². The molecule has 20 heavy (non-hydrogen) atoms. The number of nitro groups is 1. The number of benzene rings is 1. The first-order valence-electron chi connectivity index (χ1n) is 6.47. The smallest absolute Gasteiger partial charge is 0.314 e. The molecule has 1 unspecified atom stereocenters. The number of piperidine rings is 1. The number of nitro benzene ring substituents is 1. The minimum Gasteiger partial charge on any atom is -0.494 e. The Morgan fingerprint density at radius 3 is 2.90 bits per heavy atom. The molecule has 1 fully saturated rings. The lowest BCUT2D eigenvalue weighted by Crippen LogP contribution is -2.33. The van der Waals surface area contributed by atoms with Gasteiger partial charge in [0.05, 0.1) is 24.7 Å². The van der Waals surface area contributed by atoms with E-state index in [1.807, 2.05) is 0 Å². The molecule has 7 heteroatoms. The van der Waals surface area contributed by atoms with Crippen molar-refractivity contribution in [3.8, 4) is 11.5 Å². The topological polar surface area (TPSA) is 73.6 Å². The Morgan fingerprint density at radius 1 is 1.50 bits per heavy atom. The van der Waals surface area contributed by atoms with E-state index in [9.17, 15) is 14.5 Å². The van der Waals surface area contributed by atoms with Crippen molar-refractivity contribution < 1.29 is 18.8 Å². The average molecular weight is 284 g/mol. The Hall–Kier alpha value is -1.89. The van der Waals surface area contributed by atoms with E-state index in [0.717, 1.165) is 32.0 Å². The molecule has 1 aliphatic rings. The zero-order valence-corrected chi connectivity index (χ0v) is 11.2. The van der Waals surface area contributed by atoms with Crippen LogP contribution in [0.5, 0.6) is 11.5 Å². The molecule has 1 atom stereocenters. The largest absolute Gasteiger partial charge is 0.494 e. The number of hydrogen-bond acceptors (Lipinski definition) is 5. The Morgan fingerprint density at radius 2 is 2.30 bits per heavy atom. The van der Waals surface area contributed by atoms with Crippen LogP contribution in [0, 0.1) is 21.8 Å². The van der Waals surface area contributed by atoms with Crippen molar-refractivity contribution in [3.05, 3.63) is 28.1 Å². The molecular formula is C13H17FN2O4. The Balaban J connectivity index is 2.13. The summed E-state index contributed by atoms with van der Waals surface area (Å²) in [5.41, 5.74) is -0.382. The molecule has 6 nitrogen and oxygen atoms in total. The third-order valence-electron chi connectivity index (χ3n) is 3.30. The highest BCUT2D eigenvalue weighted by Crippen LogP contribution is 2.34. The summed E-state index contributed by atoms with van der Waals surface area (Å²) in [5, 5.41) is 14.2. The predicted molar refractivity (Wildman–Crippen MR) is 70.7 cm³/mol. The summed E-state index contributed by atoms with van der Waals surface area (Å²) in [6.45, 7) is 2.18. The summed E-state index contributed by atoms with van der Waals surface area (Å²) in [7, 11) is 1.30. The minimum atomic E-state index is -0.772. The molecule has 0 bridgehead atoms. The van der Waals surface area contributed by atoms with Crippen molar-refractivity contribution in [2.45, 2.75) is 12.8 Å². The second-order valence-corrected chi connectivity index (χ2v) is 4.73. The standard InChI is InChI=1S/C13H17FN2O4/c1-19-12-6-13(11(16(17)18)5-10(12)14)20-8-9-3-2-4-15-7-9/h5-6,9,15H,2-4,7-8H2,1H3. The SMILES string of the molecule is COc1cc(OCC2CCCNC2)c([N+](=O)[O-])cc1F. The zero-order valence-electron chi connectivity index (χ0n) is 11.2. The van der Waals surface area contributed by atoms with Crippen LogP contribution in [-0.2, 0) is 0 Å². The van der Waals surface area contributed by atoms with Crippen LogP contribution in [0.3, 0.4) is 0 Å². The monoisotopic (exact) mass is 284 g/mol. The molecule has 1 aromatic carbocycles. The molecule has 0 amide bonds. The van der Waals surface area contributed by atoms with E-state index in [1.165, 1.54) is 13.2 Å². The number of halogens is 1. The van der Waals surface area contributed by atoms with Gasteiger partial charge in [-0.2, -0.15) is 0 Å². The number of ether oxygens (including phenoxy) is 2. The number of nitrogens with zero attached hydrogens (tertiary/aromatic N) is 1. The van der Waals surface area contributed by atoms with Gasteiger partial charge in [-0.05, 0) is 19.4 Å². The average Bonchev–Trinajstić information content (AvgIpc) is 2.46. The lowest BCUT2D eigenvalue weighted by molar-refractivity contribution is -0.386. The van der Waals surface area contributed by atoms with E-state index in [0.29, 0.717) is 12.5 Å². The molecule has 0 spiro atoms. The van der Waals surface area contributed by atoms with Gasteiger partial charge in [-0.3, -0.25) is 10.1 Å². The van der Waals surface area contributed by atoms with Crippen LogP contribution >= 0.6 is 0 Å². The van der Waals surface area contributed by atoms with Crippen LogP contribution < -0.4 is 14.8 Å². The highest BCUT2D eigenvalue weighted by atomic mass is 19.1.